The van der Waals surface area contributed by atoms with Crippen LogP contribution in [0.25, 0.3) is 0 Å². The Morgan fingerprint density at radius 3 is 2.83 bits per heavy atom. The molecule has 0 bridgehead atoms. The molecule has 1 saturated heterocycles. The van der Waals surface area contributed by atoms with Gasteiger partial charge in [0.25, 0.3) is 0 Å². The molecule has 23 heavy (non-hydrogen) atoms. The highest BCUT2D eigenvalue weighted by molar-refractivity contribution is 5.79. The van der Waals surface area contributed by atoms with E-state index in [1.54, 1.807) is 12.4 Å². The van der Waals surface area contributed by atoms with Crippen LogP contribution < -0.4 is 0 Å². The minimum absolute atomic E-state index is 0.0120. The van der Waals surface area contributed by atoms with E-state index in [1.807, 2.05) is 43.0 Å². The zero-order chi connectivity index (χ0) is 16.2. The van der Waals surface area contributed by atoms with Crippen molar-refractivity contribution in [2.24, 2.45) is 0 Å². The van der Waals surface area contributed by atoms with Crippen molar-refractivity contribution in [2.75, 3.05) is 13.2 Å². The van der Waals surface area contributed by atoms with Gasteiger partial charge in [0, 0.05) is 18.9 Å². The van der Waals surface area contributed by atoms with Gasteiger partial charge in [0.05, 0.1) is 25.2 Å². The van der Waals surface area contributed by atoms with Gasteiger partial charge in [0.15, 0.2) is 0 Å². The van der Waals surface area contributed by atoms with Gasteiger partial charge in [-0.2, -0.15) is 0 Å². The number of carbonyl (C=O) groups is 1. The molecule has 2 atom stereocenters. The van der Waals surface area contributed by atoms with Gasteiger partial charge in [-0.15, -0.1) is 0 Å². The molecule has 2 aromatic rings. The molecular weight excluding hydrogens is 288 g/mol. The molecule has 0 spiro atoms. The number of rotatable bonds is 3. The minimum Gasteiger partial charge on any atom is -0.374 e. The van der Waals surface area contributed by atoms with Gasteiger partial charge in [0.1, 0.15) is 0 Å². The highest BCUT2D eigenvalue weighted by Crippen LogP contribution is 2.27. The lowest BCUT2D eigenvalue weighted by Gasteiger charge is -2.39. The summed E-state index contributed by atoms with van der Waals surface area (Å²) >= 11 is 0. The quantitative estimate of drug-likeness (QED) is 0.875. The van der Waals surface area contributed by atoms with E-state index in [0.717, 1.165) is 16.7 Å². The summed E-state index contributed by atoms with van der Waals surface area (Å²) in [4.78, 5) is 19.0. The summed E-state index contributed by atoms with van der Waals surface area (Å²) in [5.41, 5.74) is 3.22. The lowest BCUT2D eigenvalue weighted by Crippen LogP contribution is -2.47. The van der Waals surface area contributed by atoms with E-state index in [9.17, 15) is 4.79 Å². The third-order valence-electron chi connectivity index (χ3n) is 4.35. The van der Waals surface area contributed by atoms with Crippen molar-refractivity contribution >= 4 is 5.91 Å². The summed E-state index contributed by atoms with van der Waals surface area (Å²) in [7, 11) is 0. The van der Waals surface area contributed by atoms with Crippen LogP contribution in [0.5, 0.6) is 0 Å². The lowest BCUT2D eigenvalue weighted by molar-refractivity contribution is -0.144. The normalized spacial score (nSPS) is 21.2. The second-order valence-electron chi connectivity index (χ2n) is 6.10. The van der Waals surface area contributed by atoms with Gasteiger partial charge in [-0.25, -0.2) is 0 Å². The molecule has 0 unspecified atom stereocenters. The number of amides is 1. The van der Waals surface area contributed by atoms with E-state index in [4.69, 9.17) is 4.74 Å². The molecule has 4 heteroatoms. The molecule has 1 aliphatic rings. The summed E-state index contributed by atoms with van der Waals surface area (Å²) in [5.74, 6) is 0.142. The van der Waals surface area contributed by atoms with Gasteiger partial charge in [0.2, 0.25) is 5.91 Å². The molecule has 1 aliphatic heterocycles. The SMILES string of the molecule is Cc1cnccc1CC(=O)N1C[C@@H](C)OC[C@H]1c1ccccc1. The number of hydrogen-bond acceptors (Lipinski definition) is 3. The zero-order valence-electron chi connectivity index (χ0n) is 13.6. The first-order valence-corrected chi connectivity index (χ1v) is 8.00. The summed E-state index contributed by atoms with van der Waals surface area (Å²) in [6, 6.07) is 12.0. The average Bonchev–Trinajstić information content (AvgIpc) is 2.57. The second kappa shape index (κ2) is 6.92. The lowest BCUT2D eigenvalue weighted by atomic mass is 10.0. The third kappa shape index (κ3) is 3.59. The first-order valence-electron chi connectivity index (χ1n) is 8.00. The molecule has 1 amide bonds. The van der Waals surface area contributed by atoms with E-state index in [2.05, 4.69) is 17.1 Å². The van der Waals surface area contributed by atoms with Crippen molar-refractivity contribution in [3.63, 3.8) is 0 Å². The van der Waals surface area contributed by atoms with E-state index in [0.29, 0.717) is 19.6 Å². The summed E-state index contributed by atoms with van der Waals surface area (Å²) < 4.78 is 5.80. The minimum atomic E-state index is -0.0120. The predicted molar refractivity (Wildman–Crippen MR) is 89.0 cm³/mol. The first kappa shape index (κ1) is 15.7. The molecular formula is C19H22N2O2. The number of ether oxygens (including phenoxy) is 1. The predicted octanol–water partition coefficient (Wildman–Crippen LogP) is 2.92. The van der Waals surface area contributed by atoms with Crippen LogP contribution in [0.3, 0.4) is 0 Å². The molecule has 1 aromatic carbocycles. The van der Waals surface area contributed by atoms with E-state index < -0.39 is 0 Å². The van der Waals surface area contributed by atoms with Crippen LogP contribution in [0.2, 0.25) is 0 Å². The van der Waals surface area contributed by atoms with Gasteiger partial charge in [-0.3, -0.25) is 9.78 Å². The Labute approximate surface area is 137 Å². The van der Waals surface area contributed by atoms with E-state index in [1.165, 1.54) is 0 Å². The Morgan fingerprint density at radius 1 is 1.30 bits per heavy atom. The summed E-state index contributed by atoms with van der Waals surface area (Å²) in [6.45, 7) is 5.18. The smallest absolute Gasteiger partial charge is 0.227 e. The van der Waals surface area contributed by atoms with Gasteiger partial charge >= 0.3 is 0 Å². The number of pyridine rings is 1. The number of hydrogen-bond donors (Lipinski definition) is 0. The van der Waals surface area contributed by atoms with Crippen molar-refractivity contribution in [1.82, 2.24) is 9.88 Å². The van der Waals surface area contributed by atoms with Crippen molar-refractivity contribution in [2.45, 2.75) is 32.4 Å². The Bertz CT molecular complexity index is 672. The molecule has 0 radical (unpaired) electrons. The number of carbonyl (C=O) groups excluding carboxylic acids is 1. The van der Waals surface area contributed by atoms with Crippen LogP contribution in [-0.2, 0) is 16.0 Å². The van der Waals surface area contributed by atoms with Crippen LogP contribution in [0.4, 0.5) is 0 Å². The fourth-order valence-electron chi connectivity index (χ4n) is 2.99. The second-order valence-corrected chi connectivity index (χ2v) is 6.10. The summed E-state index contributed by atoms with van der Waals surface area (Å²) in [6.07, 6.45) is 4.02. The molecule has 2 heterocycles. The molecule has 4 nitrogen and oxygen atoms in total. The summed E-state index contributed by atoms with van der Waals surface area (Å²) in [5, 5.41) is 0. The van der Waals surface area contributed by atoms with Gasteiger partial charge in [-0.05, 0) is 36.6 Å². The van der Waals surface area contributed by atoms with Crippen molar-refractivity contribution in [3.8, 4) is 0 Å². The van der Waals surface area contributed by atoms with Gasteiger partial charge in [-0.1, -0.05) is 30.3 Å². The topological polar surface area (TPSA) is 42.4 Å². The molecule has 1 aromatic heterocycles. The average molecular weight is 310 g/mol. The maximum Gasteiger partial charge on any atom is 0.227 e. The Hall–Kier alpha value is -2.20. The largest absolute Gasteiger partial charge is 0.374 e. The monoisotopic (exact) mass is 310 g/mol. The molecule has 120 valence electrons. The molecule has 3 rings (SSSR count). The fourth-order valence-corrected chi connectivity index (χ4v) is 2.99. The Morgan fingerprint density at radius 2 is 2.09 bits per heavy atom. The number of aryl methyl sites for hydroxylation is 1. The third-order valence-corrected chi connectivity index (χ3v) is 4.35. The van der Waals surface area contributed by atoms with Crippen molar-refractivity contribution in [1.29, 1.82) is 0 Å². The fraction of sp³-hybridized carbons (Fsp3) is 0.368. The molecule has 0 saturated carbocycles. The number of aromatic nitrogens is 1. The first-order chi connectivity index (χ1) is 11.1. The van der Waals surface area contributed by atoms with Crippen LogP contribution in [0, 0.1) is 6.92 Å². The van der Waals surface area contributed by atoms with Crippen LogP contribution in [0.1, 0.15) is 29.7 Å². The standard InChI is InChI=1S/C19H22N2O2/c1-14-11-20-9-8-17(14)10-19(22)21-12-15(2)23-13-18(21)16-6-4-3-5-7-16/h3-9,11,15,18H,10,12-13H2,1-2H3/t15-,18+/m1/s1. The van der Waals surface area contributed by atoms with Crippen LogP contribution >= 0.6 is 0 Å². The highest BCUT2D eigenvalue weighted by atomic mass is 16.5. The van der Waals surface area contributed by atoms with Crippen molar-refractivity contribution < 1.29 is 9.53 Å². The molecule has 1 fully saturated rings. The van der Waals surface area contributed by atoms with E-state index >= 15 is 0 Å². The van der Waals surface area contributed by atoms with Crippen molar-refractivity contribution in [3.05, 3.63) is 65.5 Å². The number of nitrogens with zero attached hydrogens (tertiary/aromatic N) is 2. The maximum absolute atomic E-state index is 12.9. The van der Waals surface area contributed by atoms with E-state index in [-0.39, 0.29) is 18.1 Å². The Kier molecular flexibility index (Phi) is 4.72. The Balaban J connectivity index is 1.82. The molecule has 0 N–H and O–H groups in total. The number of morpholine rings is 1. The maximum atomic E-state index is 12.9. The number of benzene rings is 1. The van der Waals surface area contributed by atoms with Crippen LogP contribution in [0.15, 0.2) is 48.8 Å². The van der Waals surface area contributed by atoms with Gasteiger partial charge < -0.3 is 9.64 Å². The molecule has 0 aliphatic carbocycles. The van der Waals surface area contributed by atoms with Crippen LogP contribution in [-0.4, -0.2) is 35.0 Å². The highest BCUT2D eigenvalue weighted by Gasteiger charge is 2.31. The zero-order valence-corrected chi connectivity index (χ0v) is 13.6.